The number of rotatable bonds is 21. The normalized spacial score (nSPS) is 19.7. The Morgan fingerprint density at radius 1 is 1.03 bits per heavy atom. The molecular formula is C55H69FN12O8S. The third kappa shape index (κ3) is 13.7. The van der Waals surface area contributed by atoms with Crippen molar-refractivity contribution >= 4 is 57.7 Å². The van der Waals surface area contributed by atoms with E-state index in [-0.39, 0.29) is 104 Å². The van der Waals surface area contributed by atoms with Crippen LogP contribution in [0.3, 0.4) is 0 Å². The maximum absolute atomic E-state index is 14.5. The maximum atomic E-state index is 14.5. The summed E-state index contributed by atoms with van der Waals surface area (Å²) >= 11 is 1.50. The average molecular weight is 1080 g/mol. The Labute approximate surface area is 452 Å². The van der Waals surface area contributed by atoms with Crippen molar-refractivity contribution in [3.05, 3.63) is 93.8 Å². The van der Waals surface area contributed by atoms with Gasteiger partial charge in [0.1, 0.15) is 23.7 Å². The fourth-order valence-corrected chi connectivity index (χ4v) is 11.6. The van der Waals surface area contributed by atoms with Crippen LogP contribution in [-0.4, -0.2) is 166 Å². The third-order valence-electron chi connectivity index (χ3n) is 14.9. The van der Waals surface area contributed by atoms with E-state index in [9.17, 15) is 28.4 Å². The van der Waals surface area contributed by atoms with E-state index in [0.717, 1.165) is 49.4 Å². The molecular weight excluding hydrogens is 1010 g/mol. The molecule has 2 saturated heterocycles. The van der Waals surface area contributed by atoms with Crippen LogP contribution >= 0.6 is 11.8 Å². The number of nitrogens with two attached hydrogens (primary N) is 1. The van der Waals surface area contributed by atoms with Crippen LogP contribution in [0.4, 0.5) is 16.0 Å². The number of ketones is 2. The molecule has 2 fully saturated rings. The summed E-state index contributed by atoms with van der Waals surface area (Å²) in [5, 5.41) is 11.3. The number of Topliss-reactive ketones (excluding diaryl/α,β-unsaturated/α-hetero) is 2. The number of fused-ring (bicyclic) bond motifs is 5. The van der Waals surface area contributed by atoms with E-state index in [1.807, 2.05) is 37.8 Å². The lowest BCUT2D eigenvalue weighted by Crippen LogP contribution is -2.48. The number of aliphatic imine (C=N–C) groups is 1. The molecule has 1 unspecified atom stereocenters. The molecule has 4 aliphatic rings. The lowest BCUT2D eigenvalue weighted by atomic mass is 9.79. The summed E-state index contributed by atoms with van der Waals surface area (Å²) in [6, 6.07) is 9.82. The zero-order chi connectivity index (χ0) is 54.8. The highest BCUT2D eigenvalue weighted by molar-refractivity contribution is 8.14. The zero-order valence-electron chi connectivity index (χ0n) is 44.5. The lowest BCUT2D eigenvalue weighted by molar-refractivity contribution is -0.141. The number of anilines is 1. The number of piperidine rings is 1. The molecule has 0 saturated carbocycles. The van der Waals surface area contributed by atoms with Crippen LogP contribution in [0, 0.1) is 31.1 Å². The predicted molar refractivity (Wildman–Crippen MR) is 289 cm³/mol. The Morgan fingerprint density at radius 3 is 2.52 bits per heavy atom. The first-order chi connectivity index (χ1) is 37.1. The van der Waals surface area contributed by atoms with Crippen molar-refractivity contribution < 1.29 is 42.6 Å². The van der Waals surface area contributed by atoms with Gasteiger partial charge in [-0.2, -0.15) is 4.68 Å². The Bertz CT molecular complexity index is 2870. The summed E-state index contributed by atoms with van der Waals surface area (Å²) in [6.45, 7) is 18.1. The summed E-state index contributed by atoms with van der Waals surface area (Å²) < 4.78 is 33.0. The number of carbonyl (C=O) groups excluding carboxylic acids is 5. The van der Waals surface area contributed by atoms with E-state index in [1.165, 1.54) is 42.2 Å². The van der Waals surface area contributed by atoms with Gasteiger partial charge in [0.2, 0.25) is 11.8 Å². The molecule has 0 spiro atoms. The van der Waals surface area contributed by atoms with E-state index in [4.69, 9.17) is 31.5 Å². The van der Waals surface area contributed by atoms with Crippen LogP contribution in [0.15, 0.2) is 53.7 Å². The number of ether oxygens (including phenoxy) is 3. The quantitative estimate of drug-likeness (QED) is 0.0534. The molecule has 2 aromatic heterocycles. The van der Waals surface area contributed by atoms with Gasteiger partial charge in [-0.3, -0.25) is 29.0 Å². The second-order valence-electron chi connectivity index (χ2n) is 20.1. The molecule has 0 aliphatic carbocycles. The molecule has 6 heterocycles. The number of thioether (sulfide) groups is 1. The van der Waals surface area contributed by atoms with Gasteiger partial charge in [0.15, 0.2) is 11.6 Å². The second kappa shape index (κ2) is 26.1. The summed E-state index contributed by atoms with van der Waals surface area (Å²) in [7, 11) is 3.42. The number of likely N-dealkylation sites (tertiary alicyclic amines) is 2. The number of benzene rings is 2. The van der Waals surface area contributed by atoms with Gasteiger partial charge in [-0.15, -0.1) is 11.8 Å². The van der Waals surface area contributed by atoms with E-state index >= 15 is 0 Å². The molecule has 22 heteroatoms. The Hall–Kier alpha value is -6.64. The molecule has 2 aromatic carbocycles. The number of aromatic nitrogens is 4. The summed E-state index contributed by atoms with van der Waals surface area (Å²) in [5.41, 5.74) is 9.92. The molecule has 77 heavy (non-hydrogen) atoms. The van der Waals surface area contributed by atoms with Gasteiger partial charge in [0.05, 0.1) is 79.8 Å². The summed E-state index contributed by atoms with van der Waals surface area (Å²) in [4.78, 5) is 91.3. The number of carbonyl (C=O) groups is 5. The van der Waals surface area contributed by atoms with Gasteiger partial charge >= 0.3 is 5.82 Å². The largest absolute Gasteiger partial charge is 0.467 e. The van der Waals surface area contributed by atoms with Crippen molar-refractivity contribution in [2.45, 2.75) is 96.6 Å². The van der Waals surface area contributed by atoms with Gasteiger partial charge in [0, 0.05) is 67.9 Å². The summed E-state index contributed by atoms with van der Waals surface area (Å²) in [5.74, 6) is -0.854. The van der Waals surface area contributed by atoms with E-state index in [1.54, 1.807) is 29.7 Å². The van der Waals surface area contributed by atoms with Crippen LogP contribution in [0.25, 0.3) is 16.1 Å². The Kier molecular flexibility index (Phi) is 19.2. The first-order valence-electron chi connectivity index (χ1n) is 26.4. The first-order valence-corrected chi connectivity index (χ1v) is 27.4. The number of halogens is 1. The van der Waals surface area contributed by atoms with E-state index < -0.39 is 23.9 Å². The van der Waals surface area contributed by atoms with Crippen LogP contribution in [-0.2, 0) is 36.9 Å². The fraction of sp³-hybridized carbons (Fsp3) is 0.527. The highest BCUT2D eigenvalue weighted by atomic mass is 32.2. The van der Waals surface area contributed by atoms with Crippen molar-refractivity contribution in [2.75, 3.05) is 84.7 Å². The minimum Gasteiger partial charge on any atom is -0.467 e. The SMILES string of the molecule is [C-]#[N+]c1nn(CCNC(=O)CCOCCOCCN2CCC([C@H](CC(=O)[C@H](C)NC)C(=O)N3CCC[C@H]3C3=NC(C(=O)c4ccc(F)cc4)CS3)CC2)c2c1-c1cnc(N)c(n1)O[C@H](C)c1cc(C)ccc1C(=O)N(C)C2. The highest BCUT2D eigenvalue weighted by Gasteiger charge is 2.43. The van der Waals surface area contributed by atoms with Gasteiger partial charge in [-0.25, -0.2) is 14.4 Å². The number of hydrogen-bond acceptors (Lipinski definition) is 16. The van der Waals surface area contributed by atoms with Crippen molar-refractivity contribution in [1.82, 2.24) is 45.1 Å². The summed E-state index contributed by atoms with van der Waals surface area (Å²) in [6.07, 6.45) is 4.22. The number of amides is 3. The second-order valence-corrected chi connectivity index (χ2v) is 21.1. The third-order valence-corrected chi connectivity index (χ3v) is 16.0. The van der Waals surface area contributed by atoms with E-state index in [0.29, 0.717) is 72.3 Å². The van der Waals surface area contributed by atoms with Gasteiger partial charge in [-0.05, 0) is 108 Å². The molecule has 0 radical (unpaired) electrons. The van der Waals surface area contributed by atoms with Crippen molar-refractivity contribution in [3.8, 4) is 17.1 Å². The molecule has 410 valence electrons. The lowest BCUT2D eigenvalue weighted by Gasteiger charge is -2.38. The average Bonchev–Trinajstić information content (AvgIpc) is 4.21. The molecule has 8 rings (SSSR count). The molecule has 4 aromatic rings. The van der Waals surface area contributed by atoms with Crippen molar-refractivity contribution in [3.63, 3.8) is 0 Å². The minimum absolute atomic E-state index is 0.00246. The van der Waals surface area contributed by atoms with Gasteiger partial charge in [-0.1, -0.05) is 24.3 Å². The number of nitrogen functional groups attached to an aromatic ring is 1. The number of nitrogens with zero attached hydrogens (tertiary/aromatic N) is 9. The Balaban J connectivity index is 0.767. The minimum atomic E-state index is -0.591. The van der Waals surface area contributed by atoms with Crippen LogP contribution in [0.5, 0.6) is 5.88 Å². The smallest absolute Gasteiger partial charge is 0.305 e. The Morgan fingerprint density at radius 2 is 1.78 bits per heavy atom. The van der Waals surface area contributed by atoms with Crippen molar-refractivity contribution in [2.24, 2.45) is 16.8 Å². The molecule has 3 amide bonds. The molecule has 2 bridgehead atoms. The molecule has 20 nitrogen and oxygen atoms in total. The molecule has 4 N–H and O–H groups in total. The van der Waals surface area contributed by atoms with Crippen LogP contribution in [0.1, 0.15) is 96.0 Å². The number of likely N-dealkylation sites (N-methyl/N-ethyl adjacent to an activating group) is 1. The van der Waals surface area contributed by atoms with Crippen LogP contribution < -0.4 is 21.1 Å². The predicted octanol–water partition coefficient (Wildman–Crippen LogP) is 5.47. The standard InChI is InChI=1S/C55H69FN12O8S/c1-33-9-14-39-40(28-33)35(3)76-52-50(57)61-30-42(62-52)48-45(31-65(6)54(39)72)68(64-51(48)59-5)22-18-60-47(70)17-24-74-26-27-75-25-23-66-20-15-36(16-21-66)41(29-46(69)34(2)58-4)55(73)67-19-7-8-44(67)53-63-43(32-77-53)49(71)37-10-12-38(56)13-11-37/h9-14,28,30,34-36,41,43-44,58H,7-8,15-27,29,31-32H2,1-4,6H3,(H2,57,61)(H,60,70)/t34-,35+,41-,43?,44-/m0/s1. The van der Waals surface area contributed by atoms with Gasteiger partial charge < -0.3 is 50.1 Å². The number of hydrogen-bond donors (Lipinski definition) is 3. The number of nitrogens with one attached hydrogen (secondary N) is 2. The molecule has 4 aliphatic heterocycles. The maximum Gasteiger partial charge on any atom is 0.305 e. The molecule has 5 atom stereocenters. The van der Waals surface area contributed by atoms with Crippen LogP contribution in [0.2, 0.25) is 0 Å². The fourth-order valence-electron chi connectivity index (χ4n) is 10.4. The van der Waals surface area contributed by atoms with E-state index in [2.05, 4.69) is 35.4 Å². The number of aryl methyl sites for hydroxylation is 1. The topological polar surface area (TPSA) is 233 Å². The highest BCUT2D eigenvalue weighted by Crippen LogP contribution is 2.38. The zero-order valence-corrected chi connectivity index (χ0v) is 45.3. The first kappa shape index (κ1) is 56.6. The van der Waals surface area contributed by atoms with Crippen molar-refractivity contribution in [1.29, 1.82) is 0 Å². The monoisotopic (exact) mass is 1080 g/mol. The van der Waals surface area contributed by atoms with Gasteiger partial charge in [0.25, 0.3) is 11.8 Å².